The minimum atomic E-state index is -3.48. The van der Waals surface area contributed by atoms with Crippen molar-refractivity contribution in [2.45, 2.75) is 103 Å². The van der Waals surface area contributed by atoms with Crippen LogP contribution in [-0.4, -0.2) is 63.4 Å². The number of carbonyl (C=O) groups excluding carboxylic acids is 2. The molecule has 0 radical (unpaired) electrons. The fourth-order valence-electron chi connectivity index (χ4n) is 6.80. The van der Waals surface area contributed by atoms with E-state index < -0.39 is 15.5 Å². The van der Waals surface area contributed by atoms with Crippen molar-refractivity contribution in [3.05, 3.63) is 71.0 Å². The van der Waals surface area contributed by atoms with Crippen molar-refractivity contribution in [2.24, 2.45) is 21.7 Å². The molecular weight excluding hydrogens is 614 g/mol. The molecule has 1 aliphatic heterocycles. The molecule has 1 saturated carbocycles. The van der Waals surface area contributed by atoms with E-state index in [9.17, 15) is 18.0 Å². The van der Waals surface area contributed by atoms with Gasteiger partial charge in [-0.3, -0.25) is 14.6 Å². The van der Waals surface area contributed by atoms with Gasteiger partial charge in [-0.2, -0.15) is 5.21 Å². The number of hydrogen-bond acceptors (Lipinski definition) is 8. The molecule has 2 amide bonds. The van der Waals surface area contributed by atoms with E-state index in [4.69, 9.17) is 4.99 Å². The van der Waals surface area contributed by atoms with Crippen molar-refractivity contribution in [1.82, 2.24) is 30.8 Å². The van der Waals surface area contributed by atoms with Crippen molar-refractivity contribution in [3.8, 4) is 0 Å². The minimum absolute atomic E-state index is 0.0145. The van der Waals surface area contributed by atoms with Crippen molar-refractivity contribution in [2.75, 3.05) is 6.26 Å². The summed E-state index contributed by atoms with van der Waals surface area (Å²) in [5.41, 5.74) is 1.63. The van der Waals surface area contributed by atoms with E-state index in [1.54, 1.807) is 36.4 Å². The lowest BCUT2D eigenvalue weighted by molar-refractivity contribution is -0.134. The topological polar surface area (TPSA) is 150 Å². The van der Waals surface area contributed by atoms with Gasteiger partial charge in [0.25, 0.3) is 11.8 Å². The molecule has 0 saturated heterocycles. The van der Waals surface area contributed by atoms with Crippen LogP contribution in [0.3, 0.4) is 0 Å². The fraction of sp³-hybridized carbons (Fsp3) is 0.543. The molecule has 1 fully saturated rings. The summed E-state index contributed by atoms with van der Waals surface area (Å²) < 4.78 is 24.9. The lowest BCUT2D eigenvalue weighted by atomic mass is 9.69. The third kappa shape index (κ3) is 7.80. The quantitative estimate of drug-likeness (QED) is 0.300. The van der Waals surface area contributed by atoms with Gasteiger partial charge in [0.1, 0.15) is 11.4 Å². The molecule has 252 valence electrons. The molecule has 1 aliphatic carbocycles. The highest BCUT2D eigenvalue weighted by atomic mass is 32.2. The summed E-state index contributed by atoms with van der Waals surface area (Å²) in [6.45, 7) is 13.5. The lowest BCUT2D eigenvalue weighted by Gasteiger charge is -2.47. The van der Waals surface area contributed by atoms with Gasteiger partial charge in [-0.05, 0) is 85.1 Å². The average Bonchev–Trinajstić information content (AvgIpc) is 3.62. The Balaban J connectivity index is 1.53. The average molecular weight is 662 g/mol. The van der Waals surface area contributed by atoms with Gasteiger partial charge >= 0.3 is 0 Å². The first kappa shape index (κ1) is 34.4. The van der Waals surface area contributed by atoms with E-state index >= 15 is 0 Å². The summed E-state index contributed by atoms with van der Waals surface area (Å²) in [4.78, 5) is 35.0. The Morgan fingerprint density at radius 1 is 1.06 bits per heavy atom. The maximum Gasteiger partial charge on any atom is 0.275 e. The summed E-state index contributed by atoms with van der Waals surface area (Å²) in [6, 6.07) is 13.7. The number of hydrogen-bond donors (Lipinski definition) is 2. The molecule has 11 nitrogen and oxygen atoms in total. The summed E-state index contributed by atoms with van der Waals surface area (Å²) in [5.74, 6) is 0.425. The number of H-pyrrole nitrogens is 1. The Kier molecular flexibility index (Phi) is 9.47. The Labute approximate surface area is 277 Å². The zero-order chi connectivity index (χ0) is 34.2. The number of sulfone groups is 1. The molecule has 0 bridgehead atoms. The largest absolute Gasteiger partial charge is 0.345 e. The highest BCUT2D eigenvalue weighted by Gasteiger charge is 2.52. The van der Waals surface area contributed by atoms with Gasteiger partial charge < -0.3 is 10.2 Å². The van der Waals surface area contributed by atoms with Crippen LogP contribution in [0.25, 0.3) is 0 Å². The van der Waals surface area contributed by atoms with Crippen LogP contribution in [0.1, 0.15) is 113 Å². The molecule has 5 rings (SSSR count). The van der Waals surface area contributed by atoms with Crippen molar-refractivity contribution < 1.29 is 18.0 Å². The van der Waals surface area contributed by atoms with E-state index in [1.807, 2.05) is 17.0 Å². The molecule has 12 heteroatoms. The van der Waals surface area contributed by atoms with E-state index in [0.29, 0.717) is 35.0 Å². The molecule has 2 heterocycles. The smallest absolute Gasteiger partial charge is 0.275 e. The van der Waals surface area contributed by atoms with Crippen LogP contribution in [-0.2, 0) is 21.2 Å². The lowest BCUT2D eigenvalue weighted by Crippen LogP contribution is -2.51. The van der Waals surface area contributed by atoms with Crippen LogP contribution >= 0.6 is 0 Å². The molecular formula is C35H47N7O4S. The molecule has 2 aromatic carbocycles. The van der Waals surface area contributed by atoms with Gasteiger partial charge in [0.05, 0.1) is 17.5 Å². The predicted octanol–water partition coefficient (Wildman–Crippen LogP) is 5.66. The van der Waals surface area contributed by atoms with Crippen LogP contribution in [0.4, 0.5) is 0 Å². The van der Waals surface area contributed by atoms with E-state index in [2.05, 4.69) is 67.5 Å². The number of nitrogens with zero attached hydrogens (tertiary/aromatic N) is 5. The Hall–Kier alpha value is -3.93. The van der Waals surface area contributed by atoms with Crippen molar-refractivity contribution in [3.63, 3.8) is 0 Å². The molecule has 3 aromatic rings. The maximum atomic E-state index is 14.7. The van der Waals surface area contributed by atoms with E-state index in [0.717, 1.165) is 37.7 Å². The first-order valence-electron chi connectivity index (χ1n) is 16.3. The number of aliphatic imine (C=N–C) groups is 1. The summed E-state index contributed by atoms with van der Waals surface area (Å²) in [6.07, 6.45) is 6.03. The number of aromatic amines is 1. The van der Waals surface area contributed by atoms with Crippen molar-refractivity contribution in [1.29, 1.82) is 0 Å². The summed E-state index contributed by atoms with van der Waals surface area (Å²) >= 11 is 0. The fourth-order valence-corrected chi connectivity index (χ4v) is 7.46. The van der Waals surface area contributed by atoms with Crippen LogP contribution in [0, 0.1) is 16.7 Å². The molecule has 47 heavy (non-hydrogen) atoms. The maximum absolute atomic E-state index is 14.7. The van der Waals surface area contributed by atoms with Crippen LogP contribution < -0.4 is 5.32 Å². The number of benzene rings is 2. The number of carbonyl (C=O) groups is 2. The Bertz CT molecular complexity index is 1730. The van der Waals surface area contributed by atoms with Gasteiger partial charge in [-0.25, -0.2) is 8.42 Å². The number of rotatable bonds is 9. The van der Waals surface area contributed by atoms with E-state index in [1.165, 1.54) is 6.26 Å². The second-order valence-corrected chi connectivity index (χ2v) is 17.3. The first-order chi connectivity index (χ1) is 22.0. The van der Waals surface area contributed by atoms with Crippen LogP contribution in [0.15, 0.2) is 58.4 Å². The molecule has 2 N–H and O–H groups in total. The van der Waals surface area contributed by atoms with Gasteiger partial charge in [0, 0.05) is 17.4 Å². The Morgan fingerprint density at radius 2 is 1.74 bits per heavy atom. The molecule has 1 unspecified atom stereocenters. The monoisotopic (exact) mass is 661 g/mol. The molecule has 1 aromatic heterocycles. The van der Waals surface area contributed by atoms with Crippen LogP contribution in [0.5, 0.6) is 0 Å². The van der Waals surface area contributed by atoms with Crippen LogP contribution in [0.2, 0.25) is 0 Å². The first-order valence-corrected chi connectivity index (χ1v) is 18.2. The van der Waals surface area contributed by atoms with Gasteiger partial charge in [-0.15, -0.1) is 10.2 Å². The SMILES string of the molecule is CC(C)(C)CCC(c1ccc(C(=O)NCc2nn[nH]n2)cc1)N1C(=O)C(c2cccc(S(C)(=O)=O)c2)=NC12CCC(C(C)(C)C)CC2. The zero-order valence-electron chi connectivity index (χ0n) is 28.5. The second-order valence-electron chi connectivity index (χ2n) is 15.3. The summed E-state index contributed by atoms with van der Waals surface area (Å²) in [5, 5.41) is 16.4. The number of aromatic nitrogens is 4. The van der Waals surface area contributed by atoms with Gasteiger partial charge in [-0.1, -0.05) is 71.0 Å². The molecule has 1 spiro atoms. The molecule has 2 aliphatic rings. The number of tetrazole rings is 1. The van der Waals surface area contributed by atoms with Crippen molar-refractivity contribution >= 4 is 27.4 Å². The van der Waals surface area contributed by atoms with E-state index in [-0.39, 0.29) is 40.1 Å². The third-order valence-corrected chi connectivity index (χ3v) is 10.7. The second kappa shape index (κ2) is 12.9. The standard InChI is InChI=1S/C35H47N7O4S/c1-33(2,3)18-17-28(23-11-13-24(14-12-23)31(43)36-22-29-38-40-41-39-29)42-32(44)30(25-9-8-10-27(21-25)47(7,45)46)37-35(42)19-15-26(16-20-35)34(4,5)6/h8-14,21,26,28H,15-20,22H2,1-7H3,(H,36,43)(H,38,39,40,41). The van der Waals surface area contributed by atoms with Gasteiger partial charge in [0.15, 0.2) is 15.7 Å². The summed E-state index contributed by atoms with van der Waals surface area (Å²) in [7, 11) is -3.48. The van der Waals surface area contributed by atoms with Gasteiger partial charge in [0.2, 0.25) is 0 Å². The molecule has 1 atom stereocenters. The third-order valence-electron chi connectivity index (χ3n) is 9.57. The normalized spacial score (nSPS) is 21.2. The highest BCUT2D eigenvalue weighted by Crippen LogP contribution is 2.50. The highest BCUT2D eigenvalue weighted by molar-refractivity contribution is 7.90. The predicted molar refractivity (Wildman–Crippen MR) is 180 cm³/mol. The zero-order valence-corrected chi connectivity index (χ0v) is 29.3. The number of nitrogens with one attached hydrogen (secondary N) is 2. The Morgan fingerprint density at radius 3 is 2.32 bits per heavy atom. The minimum Gasteiger partial charge on any atom is -0.345 e. The number of amides is 2.